The van der Waals surface area contributed by atoms with Crippen LogP contribution in [0, 0.1) is 0 Å². The highest BCUT2D eigenvalue weighted by Crippen LogP contribution is 2.35. The fraction of sp³-hybridized carbons (Fsp3) is 0.316. The predicted molar refractivity (Wildman–Crippen MR) is 99.7 cm³/mol. The van der Waals surface area contributed by atoms with Crippen molar-refractivity contribution in [1.29, 1.82) is 0 Å². The number of ether oxygens (including phenoxy) is 1. The Labute approximate surface area is 153 Å². The van der Waals surface area contributed by atoms with Crippen molar-refractivity contribution in [3.8, 4) is 5.75 Å². The quantitative estimate of drug-likeness (QED) is 0.893. The van der Waals surface area contributed by atoms with Gasteiger partial charge in [0, 0.05) is 13.0 Å². The van der Waals surface area contributed by atoms with Crippen molar-refractivity contribution < 1.29 is 17.9 Å². The smallest absolute Gasteiger partial charge is 0.241 e. The summed E-state index contributed by atoms with van der Waals surface area (Å²) in [6.07, 6.45) is -0.148. The van der Waals surface area contributed by atoms with E-state index in [0.717, 1.165) is 5.56 Å². The van der Waals surface area contributed by atoms with Gasteiger partial charge in [0.25, 0.3) is 0 Å². The summed E-state index contributed by atoms with van der Waals surface area (Å²) < 4.78 is 34.0. The Hall–Kier alpha value is -2.38. The Morgan fingerprint density at radius 1 is 1.23 bits per heavy atom. The number of anilines is 1. The number of rotatable bonds is 4. The summed E-state index contributed by atoms with van der Waals surface area (Å²) in [5.74, 6) is 0.357. The number of amides is 1. The summed E-state index contributed by atoms with van der Waals surface area (Å²) >= 11 is 0. The van der Waals surface area contributed by atoms with E-state index in [-0.39, 0.29) is 22.9 Å². The molecule has 7 heteroatoms. The molecule has 1 heterocycles. The number of hydrogen-bond donors (Lipinski definition) is 1. The minimum absolute atomic E-state index is 0.100. The Morgan fingerprint density at radius 3 is 2.58 bits per heavy atom. The molecule has 0 saturated heterocycles. The number of hydrogen-bond acceptors (Lipinski definition) is 4. The van der Waals surface area contributed by atoms with Crippen molar-refractivity contribution in [3.63, 3.8) is 0 Å². The van der Waals surface area contributed by atoms with Crippen LogP contribution >= 0.6 is 0 Å². The first-order valence-electron chi connectivity index (χ1n) is 8.44. The standard InChI is InChI=1S/C19H22N2O4S/c1-13-12-21(15(3)22)18-11-17(9-10-19(18)25-13)26(23,24)20-14(2)16-7-5-4-6-8-16/h4-11,13-14,20H,12H2,1-3H3/t13-,14+/m1/s1. The zero-order valence-electron chi connectivity index (χ0n) is 15.0. The molecular formula is C19H22N2O4S. The largest absolute Gasteiger partial charge is 0.487 e. The number of carbonyl (C=O) groups is 1. The van der Waals surface area contributed by atoms with Gasteiger partial charge in [-0.25, -0.2) is 13.1 Å². The van der Waals surface area contributed by atoms with Crippen molar-refractivity contribution in [1.82, 2.24) is 4.72 Å². The van der Waals surface area contributed by atoms with Crippen LogP contribution in [0.5, 0.6) is 5.75 Å². The molecule has 6 nitrogen and oxygen atoms in total. The van der Waals surface area contributed by atoms with Crippen LogP contribution in [0.1, 0.15) is 32.4 Å². The summed E-state index contributed by atoms with van der Waals surface area (Å²) in [4.78, 5) is 13.6. The molecular weight excluding hydrogens is 352 g/mol. The van der Waals surface area contributed by atoms with Crippen LogP contribution in [0.25, 0.3) is 0 Å². The Balaban J connectivity index is 1.92. The number of carbonyl (C=O) groups excluding carboxylic acids is 1. The highest BCUT2D eigenvalue weighted by atomic mass is 32.2. The monoisotopic (exact) mass is 374 g/mol. The van der Waals surface area contributed by atoms with Crippen LogP contribution in [-0.2, 0) is 14.8 Å². The Kier molecular flexibility index (Phi) is 5.02. The molecule has 1 N–H and O–H groups in total. The van der Waals surface area contributed by atoms with Crippen LogP contribution in [0.4, 0.5) is 5.69 Å². The van der Waals surface area contributed by atoms with Gasteiger partial charge in [0.15, 0.2) is 0 Å². The maximum atomic E-state index is 12.8. The summed E-state index contributed by atoms with van der Waals surface area (Å²) in [5.41, 5.74) is 1.35. The fourth-order valence-corrected chi connectivity index (χ4v) is 4.24. The lowest BCUT2D eigenvalue weighted by Crippen LogP contribution is -2.41. The highest BCUT2D eigenvalue weighted by Gasteiger charge is 2.28. The molecule has 2 aromatic carbocycles. The topological polar surface area (TPSA) is 75.7 Å². The normalized spacial score (nSPS) is 18.0. The van der Waals surface area contributed by atoms with Crippen LogP contribution in [-0.4, -0.2) is 27.0 Å². The second-order valence-electron chi connectivity index (χ2n) is 6.44. The lowest BCUT2D eigenvalue weighted by Gasteiger charge is -2.33. The summed E-state index contributed by atoms with van der Waals surface area (Å²) in [6, 6.07) is 13.5. The molecule has 0 unspecified atom stereocenters. The average molecular weight is 374 g/mol. The van der Waals surface area contributed by atoms with Gasteiger partial charge in [0.2, 0.25) is 15.9 Å². The number of nitrogens with zero attached hydrogens (tertiary/aromatic N) is 1. The molecule has 1 amide bonds. The van der Waals surface area contributed by atoms with Crippen molar-refractivity contribution in [3.05, 3.63) is 54.1 Å². The second-order valence-corrected chi connectivity index (χ2v) is 8.16. The molecule has 0 bridgehead atoms. The van der Waals surface area contributed by atoms with Gasteiger partial charge in [0.05, 0.1) is 17.1 Å². The van der Waals surface area contributed by atoms with Crippen LogP contribution in [0.3, 0.4) is 0 Å². The van der Waals surface area contributed by atoms with Gasteiger partial charge >= 0.3 is 0 Å². The minimum Gasteiger partial charge on any atom is -0.487 e. The van der Waals surface area contributed by atoms with Gasteiger partial charge in [-0.3, -0.25) is 4.79 Å². The van der Waals surface area contributed by atoms with Crippen molar-refractivity contribution in [2.75, 3.05) is 11.4 Å². The Morgan fingerprint density at radius 2 is 1.92 bits per heavy atom. The predicted octanol–water partition coefficient (Wildman–Crippen LogP) is 2.86. The van der Waals surface area contributed by atoms with Crippen LogP contribution < -0.4 is 14.4 Å². The van der Waals surface area contributed by atoms with E-state index < -0.39 is 10.0 Å². The molecule has 0 fully saturated rings. The number of nitrogens with one attached hydrogen (secondary N) is 1. The first kappa shape index (κ1) is 18.4. The SMILES string of the molecule is CC(=O)N1C[C@@H](C)Oc2ccc(S(=O)(=O)N[C@@H](C)c3ccccc3)cc21. The van der Waals surface area contributed by atoms with E-state index in [1.54, 1.807) is 17.9 Å². The number of benzene rings is 2. The lowest BCUT2D eigenvalue weighted by molar-refractivity contribution is -0.117. The third-order valence-electron chi connectivity index (χ3n) is 4.31. The van der Waals surface area contributed by atoms with Crippen LogP contribution in [0.2, 0.25) is 0 Å². The summed E-state index contributed by atoms with van der Waals surface area (Å²) in [7, 11) is -3.75. The van der Waals surface area contributed by atoms with E-state index in [1.807, 2.05) is 37.3 Å². The second kappa shape index (κ2) is 7.09. The van der Waals surface area contributed by atoms with E-state index >= 15 is 0 Å². The summed E-state index contributed by atoms with van der Waals surface area (Å²) in [6.45, 7) is 5.50. The average Bonchev–Trinajstić information content (AvgIpc) is 2.60. The van der Waals surface area contributed by atoms with Gasteiger partial charge in [-0.2, -0.15) is 0 Å². The lowest BCUT2D eigenvalue weighted by atomic mass is 10.1. The number of fused-ring (bicyclic) bond motifs is 1. The molecule has 0 aromatic heterocycles. The molecule has 26 heavy (non-hydrogen) atoms. The van der Waals surface area contributed by atoms with E-state index in [4.69, 9.17) is 4.74 Å². The molecule has 138 valence electrons. The first-order chi connectivity index (χ1) is 12.3. The van der Waals surface area contributed by atoms with Gasteiger partial charge in [-0.05, 0) is 37.6 Å². The van der Waals surface area contributed by atoms with Crippen LogP contribution in [0.15, 0.2) is 53.4 Å². The van der Waals surface area contributed by atoms with E-state index in [0.29, 0.717) is 18.0 Å². The zero-order valence-corrected chi connectivity index (χ0v) is 15.8. The first-order valence-corrected chi connectivity index (χ1v) is 9.92. The summed E-state index contributed by atoms with van der Waals surface area (Å²) in [5, 5.41) is 0. The van der Waals surface area contributed by atoms with E-state index in [9.17, 15) is 13.2 Å². The molecule has 3 rings (SSSR count). The molecule has 2 atom stereocenters. The molecule has 2 aromatic rings. The number of sulfonamides is 1. The van der Waals surface area contributed by atoms with Gasteiger partial charge in [-0.1, -0.05) is 30.3 Å². The van der Waals surface area contributed by atoms with Gasteiger partial charge < -0.3 is 9.64 Å². The highest BCUT2D eigenvalue weighted by molar-refractivity contribution is 7.89. The molecule has 0 aliphatic carbocycles. The molecule has 1 aliphatic rings. The maximum absolute atomic E-state index is 12.8. The van der Waals surface area contributed by atoms with E-state index in [2.05, 4.69) is 4.72 Å². The van der Waals surface area contributed by atoms with E-state index in [1.165, 1.54) is 19.1 Å². The Bertz CT molecular complexity index is 912. The molecule has 0 radical (unpaired) electrons. The molecule has 0 spiro atoms. The maximum Gasteiger partial charge on any atom is 0.241 e. The minimum atomic E-state index is -3.75. The third kappa shape index (κ3) is 3.73. The van der Waals surface area contributed by atoms with Crippen molar-refractivity contribution >= 4 is 21.6 Å². The van der Waals surface area contributed by atoms with Crippen molar-refractivity contribution in [2.45, 2.75) is 37.8 Å². The third-order valence-corrected chi connectivity index (χ3v) is 5.85. The van der Waals surface area contributed by atoms with Crippen molar-refractivity contribution in [2.24, 2.45) is 0 Å². The molecule has 1 aliphatic heterocycles. The fourth-order valence-electron chi connectivity index (χ4n) is 2.99. The zero-order chi connectivity index (χ0) is 18.9. The molecule has 0 saturated carbocycles. The van der Waals surface area contributed by atoms with Gasteiger partial charge in [0.1, 0.15) is 11.9 Å². The van der Waals surface area contributed by atoms with Gasteiger partial charge in [-0.15, -0.1) is 0 Å².